The van der Waals surface area contributed by atoms with Crippen molar-refractivity contribution in [1.29, 1.82) is 0 Å². The first-order valence-electron chi connectivity index (χ1n) is 32.1. The summed E-state index contributed by atoms with van der Waals surface area (Å²) >= 11 is 0. The Morgan fingerprint density at radius 2 is 0.736 bits per heavy atom. The standard InChI is InChI=1S/C26H30FN3O.C25H37N3O.C23H33N3O/c1-20-2-5-23(18-26(20)31)22-6-10-25(11-7-22)30-16-14-29(15-17-30)13-12-28-19-21-3-8-24(27)9-4-21;1-19(2)28(20(3)4)17-14-26-12-15-27(16-13-26)24-10-8-22(9-11-24)23-7-6-21(5)25(29)18-23;1-4-24(5-2)12-13-25-14-16-26(17-15-25)22-10-8-20(9-11-22)21-7-6-19(3)23(27)18-21/h2-11,18,28,31H,12-17,19H2,1H3;6-11,18-20,29H,12-17H2,1-5H3;6-11,18,27H,4-5,12-17H2,1-3H3. The quantitative estimate of drug-likeness (QED) is 0.0516. The van der Waals surface area contributed by atoms with Crippen molar-refractivity contribution >= 4 is 17.1 Å². The Morgan fingerprint density at radius 1 is 0.414 bits per heavy atom. The molecule has 7 aromatic rings. The Balaban J connectivity index is 0.000000170. The first-order valence-corrected chi connectivity index (χ1v) is 32.1. The molecule has 466 valence electrons. The third kappa shape index (κ3) is 19.5. The van der Waals surface area contributed by atoms with Gasteiger partial charge in [0.15, 0.2) is 0 Å². The molecule has 7 aromatic carbocycles. The van der Waals surface area contributed by atoms with Crippen LogP contribution < -0.4 is 20.0 Å². The lowest BCUT2D eigenvalue weighted by Crippen LogP contribution is -2.50. The summed E-state index contributed by atoms with van der Waals surface area (Å²) in [6.45, 7) is 42.0. The minimum atomic E-state index is -0.189. The van der Waals surface area contributed by atoms with Crippen LogP contribution in [-0.4, -0.2) is 183 Å². The second kappa shape index (κ2) is 32.8. The Morgan fingerprint density at radius 3 is 1.06 bits per heavy atom. The minimum Gasteiger partial charge on any atom is -0.508 e. The predicted octanol–water partition coefficient (Wildman–Crippen LogP) is 12.9. The van der Waals surface area contributed by atoms with E-state index in [4.69, 9.17) is 0 Å². The molecule has 0 aromatic heterocycles. The van der Waals surface area contributed by atoms with Crippen molar-refractivity contribution in [2.45, 2.75) is 80.9 Å². The summed E-state index contributed by atoms with van der Waals surface area (Å²) in [6.07, 6.45) is 0. The van der Waals surface area contributed by atoms with Crippen LogP contribution in [0.1, 0.15) is 63.8 Å². The van der Waals surface area contributed by atoms with Gasteiger partial charge in [0.25, 0.3) is 0 Å². The number of rotatable bonds is 21. The second-order valence-corrected chi connectivity index (χ2v) is 24.4. The van der Waals surface area contributed by atoms with Crippen LogP contribution in [0.2, 0.25) is 0 Å². The molecule has 87 heavy (non-hydrogen) atoms. The first-order chi connectivity index (χ1) is 42.0. The van der Waals surface area contributed by atoms with E-state index in [1.165, 1.54) is 42.3 Å². The number of halogens is 1. The third-order valence-corrected chi connectivity index (χ3v) is 17.9. The number of likely N-dealkylation sites (N-methyl/N-ethyl adjacent to an activating group) is 1. The van der Waals surface area contributed by atoms with Gasteiger partial charge in [0, 0.05) is 153 Å². The molecule has 0 saturated carbocycles. The lowest BCUT2D eigenvalue weighted by molar-refractivity contribution is 0.140. The van der Waals surface area contributed by atoms with E-state index in [0.717, 1.165) is 180 Å². The summed E-state index contributed by atoms with van der Waals surface area (Å²) in [6, 6.07) is 51.5. The highest BCUT2D eigenvalue weighted by Gasteiger charge is 2.22. The fraction of sp³-hybridized carbons (Fsp3) is 0.432. The largest absolute Gasteiger partial charge is 0.508 e. The van der Waals surface area contributed by atoms with Gasteiger partial charge in [-0.2, -0.15) is 0 Å². The van der Waals surface area contributed by atoms with E-state index in [-0.39, 0.29) is 5.82 Å². The number of nitrogens with zero attached hydrogens (tertiary/aromatic N) is 8. The van der Waals surface area contributed by atoms with Crippen molar-refractivity contribution in [2.24, 2.45) is 0 Å². The topological polar surface area (TPSA) is 98.6 Å². The van der Waals surface area contributed by atoms with Gasteiger partial charge in [0.1, 0.15) is 23.1 Å². The van der Waals surface area contributed by atoms with E-state index in [2.05, 4.69) is 171 Å². The van der Waals surface area contributed by atoms with Crippen molar-refractivity contribution in [3.05, 3.63) is 180 Å². The molecule has 3 saturated heterocycles. The van der Waals surface area contributed by atoms with E-state index < -0.39 is 0 Å². The SMILES string of the molecule is CCN(CC)CCN1CCN(c2ccc(-c3ccc(C)c(O)c3)cc2)CC1.Cc1ccc(-c2ccc(N3CCN(CCN(C(C)C)C(C)C)CC3)cc2)cc1O.Cc1ccc(-c2ccc(N3CCN(CCNCc4ccc(F)cc4)CC3)cc2)cc1O. The molecule has 4 N–H and O–H groups in total. The fourth-order valence-corrected chi connectivity index (χ4v) is 11.9. The van der Waals surface area contributed by atoms with Crippen LogP contribution in [0, 0.1) is 26.6 Å². The second-order valence-electron chi connectivity index (χ2n) is 24.4. The molecule has 0 aliphatic carbocycles. The Hall–Kier alpha value is -6.97. The number of anilines is 3. The molecule has 3 fully saturated rings. The van der Waals surface area contributed by atoms with Gasteiger partial charge in [-0.1, -0.05) is 98.8 Å². The maximum absolute atomic E-state index is 13.0. The number of phenols is 3. The summed E-state index contributed by atoms with van der Waals surface area (Å²) in [5, 5.41) is 33.3. The maximum Gasteiger partial charge on any atom is 0.123 e. The predicted molar refractivity (Wildman–Crippen MR) is 364 cm³/mol. The molecule has 3 aliphatic heterocycles. The van der Waals surface area contributed by atoms with Crippen molar-refractivity contribution in [3.63, 3.8) is 0 Å². The molecule has 10 rings (SSSR count). The van der Waals surface area contributed by atoms with Crippen molar-refractivity contribution in [3.8, 4) is 50.6 Å². The molecule has 0 radical (unpaired) electrons. The third-order valence-electron chi connectivity index (χ3n) is 17.9. The van der Waals surface area contributed by atoms with Crippen LogP contribution in [0.25, 0.3) is 33.4 Å². The van der Waals surface area contributed by atoms with Gasteiger partial charge >= 0.3 is 0 Å². The Bertz CT molecular complexity index is 3140. The fourth-order valence-electron chi connectivity index (χ4n) is 11.9. The molecule has 0 amide bonds. The van der Waals surface area contributed by atoms with E-state index in [9.17, 15) is 19.7 Å². The number of hydrogen-bond donors (Lipinski definition) is 4. The molecule has 3 aliphatic rings. The van der Waals surface area contributed by atoms with Gasteiger partial charge in [-0.05, 0) is 184 Å². The van der Waals surface area contributed by atoms with Crippen molar-refractivity contribution in [1.82, 2.24) is 29.8 Å². The van der Waals surface area contributed by atoms with Crippen molar-refractivity contribution in [2.75, 3.05) is 146 Å². The molecule has 0 atom stereocenters. The van der Waals surface area contributed by atoms with E-state index in [0.29, 0.717) is 29.3 Å². The lowest BCUT2D eigenvalue weighted by Gasteiger charge is -2.38. The summed E-state index contributed by atoms with van der Waals surface area (Å²) in [5.74, 6) is 0.865. The summed E-state index contributed by atoms with van der Waals surface area (Å²) in [4.78, 5) is 20.1. The highest BCUT2D eigenvalue weighted by Crippen LogP contribution is 2.32. The molecule has 13 heteroatoms. The van der Waals surface area contributed by atoms with Gasteiger partial charge in [-0.25, -0.2) is 4.39 Å². The molecule has 0 bridgehead atoms. The summed E-state index contributed by atoms with van der Waals surface area (Å²) < 4.78 is 13.0. The average molecular weight is 1180 g/mol. The van der Waals surface area contributed by atoms with Gasteiger partial charge in [0.05, 0.1) is 0 Å². The number of piperazine rings is 3. The van der Waals surface area contributed by atoms with Crippen LogP contribution in [0.3, 0.4) is 0 Å². The van der Waals surface area contributed by atoms with Crippen LogP contribution in [0.4, 0.5) is 21.5 Å². The first kappa shape index (κ1) is 66.0. The van der Waals surface area contributed by atoms with Crippen LogP contribution in [-0.2, 0) is 6.54 Å². The Kier molecular flexibility index (Phi) is 24.9. The van der Waals surface area contributed by atoms with Crippen LogP contribution in [0.5, 0.6) is 17.2 Å². The lowest BCUT2D eigenvalue weighted by atomic mass is 10.0. The van der Waals surface area contributed by atoms with Crippen LogP contribution in [0.15, 0.2) is 152 Å². The molecule has 12 nitrogen and oxygen atoms in total. The van der Waals surface area contributed by atoms with Gasteiger partial charge in [-0.3, -0.25) is 19.6 Å². The number of benzene rings is 7. The van der Waals surface area contributed by atoms with Gasteiger partial charge < -0.3 is 40.2 Å². The molecule has 0 unspecified atom stereocenters. The summed E-state index contributed by atoms with van der Waals surface area (Å²) in [7, 11) is 0. The van der Waals surface area contributed by atoms with E-state index >= 15 is 0 Å². The summed E-state index contributed by atoms with van der Waals surface area (Å²) in [5.41, 5.74) is 14.2. The zero-order chi connectivity index (χ0) is 61.8. The molecular weight excluding hydrogens is 1080 g/mol. The van der Waals surface area contributed by atoms with Crippen molar-refractivity contribution < 1.29 is 19.7 Å². The number of nitrogens with one attached hydrogen (secondary N) is 1. The minimum absolute atomic E-state index is 0.189. The molecular formula is C74H100FN9O3. The monoisotopic (exact) mass is 1180 g/mol. The number of phenolic OH excluding ortho intramolecular Hbond substituents is 3. The zero-order valence-corrected chi connectivity index (χ0v) is 53.7. The van der Waals surface area contributed by atoms with Gasteiger partial charge in [-0.15, -0.1) is 0 Å². The molecule has 0 spiro atoms. The van der Waals surface area contributed by atoms with E-state index in [1.807, 2.05) is 75.4 Å². The zero-order valence-electron chi connectivity index (χ0n) is 53.7. The molecule has 3 heterocycles. The number of hydrogen-bond acceptors (Lipinski definition) is 12. The number of aromatic hydroxyl groups is 3. The van der Waals surface area contributed by atoms with E-state index in [1.54, 1.807) is 0 Å². The maximum atomic E-state index is 13.0. The van der Waals surface area contributed by atoms with Gasteiger partial charge in [0.2, 0.25) is 0 Å². The normalized spacial score (nSPS) is 15.3. The average Bonchev–Trinajstić information content (AvgIpc) is 3.67. The van der Waals surface area contributed by atoms with Crippen LogP contribution >= 0.6 is 0 Å². The smallest absolute Gasteiger partial charge is 0.123 e. The highest BCUT2D eigenvalue weighted by atomic mass is 19.1. The highest BCUT2D eigenvalue weighted by molar-refractivity contribution is 5.71. The number of aryl methyl sites for hydroxylation is 3. The Labute approximate surface area is 521 Å².